The molecule has 0 amide bonds. The second-order valence-corrected chi connectivity index (χ2v) is 20.6. The third-order valence-electron chi connectivity index (χ3n) is 13.3. The fourth-order valence-electron chi connectivity index (χ4n) is 8.76. The highest BCUT2D eigenvalue weighted by Crippen LogP contribution is 2.20. The van der Waals surface area contributed by atoms with Crippen molar-refractivity contribution in [3.8, 4) is 0 Å². The zero-order valence-electron chi connectivity index (χ0n) is 47.6. The van der Waals surface area contributed by atoms with E-state index in [1.807, 2.05) is 0 Å². The number of rotatable bonds is 57. The van der Waals surface area contributed by atoms with E-state index in [1.165, 1.54) is 167 Å². The van der Waals surface area contributed by atoms with Crippen molar-refractivity contribution in [2.45, 2.75) is 303 Å². The fourth-order valence-corrected chi connectivity index (χ4v) is 8.76. The van der Waals surface area contributed by atoms with Crippen LogP contribution in [-0.4, -0.2) is 76.6 Å². The number of nitrogens with zero attached hydrogens (tertiary/aromatic N) is 1. The lowest BCUT2D eigenvalue weighted by Crippen LogP contribution is -2.20. The van der Waals surface area contributed by atoms with Crippen LogP contribution in [0.15, 0.2) is 48.6 Å². The van der Waals surface area contributed by atoms with Gasteiger partial charge in [-0.3, -0.25) is 4.79 Å². The number of ether oxygens (including phenoxy) is 5. The fraction of sp³-hybridized carbons (Fsp3) is 0.857. The van der Waals surface area contributed by atoms with Gasteiger partial charge in [0.05, 0.1) is 26.4 Å². The van der Waals surface area contributed by atoms with Crippen LogP contribution in [0.1, 0.15) is 285 Å². The zero-order valence-corrected chi connectivity index (χ0v) is 47.6. The molecule has 70 heavy (non-hydrogen) atoms. The summed E-state index contributed by atoms with van der Waals surface area (Å²) in [6.45, 7) is 12.5. The van der Waals surface area contributed by atoms with Gasteiger partial charge in [0, 0.05) is 6.42 Å². The highest BCUT2D eigenvalue weighted by atomic mass is 16.7. The Bertz CT molecular complexity index is 1030. The van der Waals surface area contributed by atoms with Gasteiger partial charge < -0.3 is 28.6 Å². The SMILES string of the molecule is CCCCCC/C=C\COC(CCCCCCCCCC(CCCCCCCCCC(OC/C=C\CCCCCC)OC/C=C\CCCCCC)OC(=O)CCCN(C)C)OC/C=C\CCCCCC. The number of allylic oxidation sites excluding steroid dienone is 4. The van der Waals surface area contributed by atoms with Crippen LogP contribution in [-0.2, 0) is 28.5 Å². The Hall–Kier alpha value is -1.77. The van der Waals surface area contributed by atoms with Gasteiger partial charge in [0.2, 0.25) is 0 Å². The molecule has 0 aliphatic rings. The molecule has 0 aromatic heterocycles. The summed E-state index contributed by atoms with van der Waals surface area (Å²) < 4.78 is 30.9. The molecule has 0 rings (SSSR count). The van der Waals surface area contributed by atoms with Gasteiger partial charge in [-0.1, -0.05) is 218 Å². The first-order valence-corrected chi connectivity index (χ1v) is 30.4. The summed E-state index contributed by atoms with van der Waals surface area (Å²) in [5, 5.41) is 0. The number of hydrogen-bond donors (Lipinski definition) is 0. The van der Waals surface area contributed by atoms with Crippen LogP contribution in [0, 0.1) is 0 Å². The number of esters is 1. The van der Waals surface area contributed by atoms with Crippen molar-refractivity contribution in [3.05, 3.63) is 48.6 Å². The Morgan fingerprint density at radius 3 is 0.943 bits per heavy atom. The number of carbonyl (C=O) groups excluding carboxylic acids is 1. The van der Waals surface area contributed by atoms with Crippen molar-refractivity contribution in [2.24, 2.45) is 0 Å². The quantitative estimate of drug-likeness (QED) is 0.0260. The smallest absolute Gasteiger partial charge is 0.306 e. The number of carbonyl (C=O) groups is 1. The molecule has 0 heterocycles. The van der Waals surface area contributed by atoms with Crippen molar-refractivity contribution in [3.63, 3.8) is 0 Å². The lowest BCUT2D eigenvalue weighted by molar-refractivity contribution is -0.150. The van der Waals surface area contributed by atoms with E-state index < -0.39 is 0 Å². The Kier molecular flexibility index (Phi) is 56.7. The molecule has 0 bridgehead atoms. The molecule has 0 fully saturated rings. The molecule has 0 atom stereocenters. The average Bonchev–Trinajstić information content (AvgIpc) is 3.35. The molecule has 0 aromatic rings. The third-order valence-corrected chi connectivity index (χ3v) is 13.3. The minimum absolute atomic E-state index is 0.0156. The largest absolute Gasteiger partial charge is 0.462 e. The first-order chi connectivity index (χ1) is 34.5. The molecular formula is C63H119NO6. The summed E-state index contributed by atoms with van der Waals surface area (Å²) in [5.41, 5.74) is 0. The van der Waals surface area contributed by atoms with E-state index in [9.17, 15) is 4.79 Å². The molecule has 0 radical (unpaired) electrons. The lowest BCUT2D eigenvalue weighted by Gasteiger charge is -2.19. The van der Waals surface area contributed by atoms with Crippen LogP contribution in [0.2, 0.25) is 0 Å². The van der Waals surface area contributed by atoms with E-state index in [-0.39, 0.29) is 24.7 Å². The Morgan fingerprint density at radius 2 is 0.643 bits per heavy atom. The van der Waals surface area contributed by atoms with E-state index in [2.05, 4.69) is 95.3 Å². The summed E-state index contributed by atoms with van der Waals surface area (Å²) in [4.78, 5) is 15.0. The molecule has 7 heteroatoms. The average molecular weight is 987 g/mol. The van der Waals surface area contributed by atoms with Gasteiger partial charge in [0.25, 0.3) is 0 Å². The maximum Gasteiger partial charge on any atom is 0.306 e. The second-order valence-electron chi connectivity index (χ2n) is 20.6. The van der Waals surface area contributed by atoms with Crippen molar-refractivity contribution < 1.29 is 28.5 Å². The number of hydrogen-bond acceptors (Lipinski definition) is 7. The minimum Gasteiger partial charge on any atom is -0.462 e. The van der Waals surface area contributed by atoms with E-state index in [4.69, 9.17) is 23.7 Å². The maximum atomic E-state index is 12.8. The van der Waals surface area contributed by atoms with Crippen LogP contribution in [0.5, 0.6) is 0 Å². The predicted octanol–water partition coefficient (Wildman–Crippen LogP) is 19.1. The van der Waals surface area contributed by atoms with Crippen molar-refractivity contribution >= 4 is 5.97 Å². The Morgan fingerprint density at radius 1 is 0.357 bits per heavy atom. The van der Waals surface area contributed by atoms with E-state index in [1.54, 1.807) is 0 Å². The van der Waals surface area contributed by atoms with Gasteiger partial charge in [0.15, 0.2) is 12.6 Å². The lowest BCUT2D eigenvalue weighted by atomic mass is 10.0. The van der Waals surface area contributed by atoms with Crippen molar-refractivity contribution in [2.75, 3.05) is 47.1 Å². The molecule has 0 aliphatic heterocycles. The van der Waals surface area contributed by atoms with Gasteiger partial charge in [-0.05, 0) is 130 Å². The van der Waals surface area contributed by atoms with Crippen LogP contribution >= 0.6 is 0 Å². The summed E-state index contributed by atoms with van der Waals surface area (Å²) in [6, 6.07) is 0. The van der Waals surface area contributed by atoms with Gasteiger partial charge in [-0.2, -0.15) is 0 Å². The highest BCUT2D eigenvalue weighted by molar-refractivity contribution is 5.69. The van der Waals surface area contributed by atoms with Gasteiger partial charge in [0.1, 0.15) is 6.10 Å². The van der Waals surface area contributed by atoms with Crippen molar-refractivity contribution in [1.82, 2.24) is 4.90 Å². The molecular weight excluding hydrogens is 867 g/mol. The van der Waals surface area contributed by atoms with E-state index in [0.29, 0.717) is 32.8 Å². The summed E-state index contributed by atoms with van der Waals surface area (Å²) in [5.74, 6) is -0.0156. The Labute approximate surface area is 436 Å². The Balaban J connectivity index is 4.65. The normalized spacial score (nSPS) is 12.4. The molecule has 0 unspecified atom stereocenters. The predicted molar refractivity (Wildman–Crippen MR) is 304 cm³/mol. The van der Waals surface area contributed by atoms with E-state index >= 15 is 0 Å². The van der Waals surface area contributed by atoms with Gasteiger partial charge >= 0.3 is 5.97 Å². The molecule has 0 saturated heterocycles. The van der Waals surface area contributed by atoms with Gasteiger partial charge in [-0.15, -0.1) is 0 Å². The molecule has 412 valence electrons. The standard InChI is InChI=1S/C63H119NO6/c1-7-11-15-19-29-37-45-56-66-62(67-57-46-38-30-20-16-12-8-2)53-43-35-27-23-25-33-41-50-60(70-61(65)52-49-55-64(5)6)51-42-34-26-24-28-36-44-54-63(68-58-47-39-31-21-17-13-9-3)69-59-48-40-32-22-18-14-10-4/h37-40,45-48,60,62-63H,7-36,41-44,49-59H2,1-6H3/b45-37-,46-38-,47-39-,48-40-. The van der Waals surface area contributed by atoms with Crippen molar-refractivity contribution in [1.29, 1.82) is 0 Å². The highest BCUT2D eigenvalue weighted by Gasteiger charge is 2.15. The molecule has 0 aliphatic carbocycles. The molecule has 0 saturated carbocycles. The zero-order chi connectivity index (χ0) is 50.9. The topological polar surface area (TPSA) is 66.5 Å². The number of unbranched alkanes of at least 4 members (excludes halogenated alkanes) is 28. The molecule has 0 aromatic carbocycles. The summed E-state index contributed by atoms with van der Waals surface area (Å²) in [7, 11) is 4.13. The van der Waals surface area contributed by atoms with Crippen LogP contribution in [0.4, 0.5) is 0 Å². The minimum atomic E-state index is -0.134. The van der Waals surface area contributed by atoms with E-state index in [0.717, 1.165) is 90.0 Å². The monoisotopic (exact) mass is 986 g/mol. The van der Waals surface area contributed by atoms with Crippen LogP contribution < -0.4 is 0 Å². The van der Waals surface area contributed by atoms with Crippen LogP contribution in [0.3, 0.4) is 0 Å². The molecule has 7 nitrogen and oxygen atoms in total. The summed E-state index contributed by atoms with van der Waals surface area (Å²) in [6.07, 6.45) is 65.2. The van der Waals surface area contributed by atoms with Crippen LogP contribution in [0.25, 0.3) is 0 Å². The third kappa shape index (κ3) is 54.0. The maximum absolute atomic E-state index is 12.8. The first-order valence-electron chi connectivity index (χ1n) is 30.4. The van der Waals surface area contributed by atoms with Gasteiger partial charge in [-0.25, -0.2) is 0 Å². The second kappa shape index (κ2) is 58.1. The molecule has 0 spiro atoms. The summed E-state index contributed by atoms with van der Waals surface area (Å²) >= 11 is 0. The molecule has 0 N–H and O–H groups in total. The first kappa shape index (κ1) is 68.2.